The van der Waals surface area contributed by atoms with Crippen molar-refractivity contribution in [1.29, 1.82) is 0 Å². The molecule has 0 bridgehead atoms. The molecule has 0 fully saturated rings. The van der Waals surface area contributed by atoms with Crippen molar-refractivity contribution in [2.75, 3.05) is 6.54 Å². The van der Waals surface area contributed by atoms with Crippen LogP contribution in [0.1, 0.15) is 194 Å². The number of carbonyl (C=O) groups is 3. The van der Waals surface area contributed by atoms with Gasteiger partial charge in [-0.1, -0.05) is 178 Å². The average Bonchev–Trinajstić information content (AvgIpc) is 3.11. The number of unbranched alkanes of at least 4 members (excludes halogenated alkanes) is 18. The summed E-state index contributed by atoms with van der Waals surface area (Å²) in [6.07, 6.45) is 52.1. The highest BCUT2D eigenvalue weighted by atomic mass is 16.5. The second-order valence-corrected chi connectivity index (χ2v) is 13.9. The molecule has 0 heterocycles. The summed E-state index contributed by atoms with van der Waals surface area (Å²) in [5.41, 5.74) is 0. The first-order valence-corrected chi connectivity index (χ1v) is 20.9. The van der Waals surface area contributed by atoms with Crippen LogP contribution < -0.4 is 5.32 Å². The summed E-state index contributed by atoms with van der Waals surface area (Å²) in [6.45, 7) is 4.06. The lowest BCUT2D eigenvalue weighted by molar-refractivity contribution is -0.147. The van der Waals surface area contributed by atoms with E-state index in [9.17, 15) is 14.4 Å². The van der Waals surface area contributed by atoms with Crippen LogP contribution in [0.3, 0.4) is 0 Å². The number of hydrogen-bond donors (Lipinski definition) is 2. The van der Waals surface area contributed by atoms with Crippen molar-refractivity contribution in [3.63, 3.8) is 0 Å². The van der Waals surface area contributed by atoms with Crippen molar-refractivity contribution in [3.8, 4) is 0 Å². The molecule has 292 valence electrons. The molecule has 0 aliphatic rings. The molecule has 2 N–H and O–H groups in total. The number of carbonyl (C=O) groups excluding carboxylic acids is 2. The van der Waals surface area contributed by atoms with Gasteiger partial charge in [0.25, 0.3) is 0 Å². The number of esters is 1. The molecule has 1 amide bonds. The molecule has 0 saturated carbocycles. The summed E-state index contributed by atoms with van der Waals surface area (Å²) >= 11 is 0. The number of allylic oxidation sites excluding steroid dienone is 9. The molecule has 0 rings (SSSR count). The minimum atomic E-state index is -1.05. The Balaban J connectivity index is 4.22. The summed E-state index contributed by atoms with van der Waals surface area (Å²) in [5.74, 6) is -1.48. The summed E-state index contributed by atoms with van der Waals surface area (Å²) in [7, 11) is 0. The molecule has 0 aliphatic carbocycles. The first kappa shape index (κ1) is 48.1. The molecule has 0 aromatic heterocycles. The number of aliphatic carboxylic acids is 1. The maximum absolute atomic E-state index is 12.7. The third-order valence-electron chi connectivity index (χ3n) is 8.94. The van der Waals surface area contributed by atoms with Gasteiger partial charge in [-0.3, -0.25) is 14.4 Å². The van der Waals surface area contributed by atoms with E-state index in [1.807, 2.05) is 12.2 Å². The topological polar surface area (TPSA) is 92.7 Å². The van der Waals surface area contributed by atoms with Crippen LogP contribution in [0.25, 0.3) is 0 Å². The second kappa shape index (κ2) is 39.9. The highest BCUT2D eigenvalue weighted by molar-refractivity contribution is 5.80. The van der Waals surface area contributed by atoms with Gasteiger partial charge in [-0.15, -0.1) is 0 Å². The number of hydrogen-bond acceptors (Lipinski definition) is 4. The van der Waals surface area contributed by atoms with Crippen LogP contribution in [-0.4, -0.2) is 35.6 Å². The highest BCUT2D eigenvalue weighted by Crippen LogP contribution is 2.16. The third kappa shape index (κ3) is 39.7. The predicted molar refractivity (Wildman–Crippen MR) is 217 cm³/mol. The lowest BCUT2D eigenvalue weighted by Crippen LogP contribution is -2.28. The molecule has 0 aliphatic heterocycles. The SMILES string of the molecule is CC/C=C\C/C=C\C/C=C\C/C=C\C/C=C\C(CCCCC(=O)NCC(=O)O)OC(=O)CCCCCCCCCCCCCCCCCCCC. The number of carboxylic acid groups (broad SMARTS) is 1. The van der Waals surface area contributed by atoms with E-state index in [4.69, 9.17) is 9.84 Å². The van der Waals surface area contributed by atoms with Crippen molar-refractivity contribution in [2.45, 2.75) is 200 Å². The zero-order chi connectivity index (χ0) is 37.3. The number of nitrogens with one attached hydrogen (secondary N) is 1. The summed E-state index contributed by atoms with van der Waals surface area (Å²) in [5, 5.41) is 11.1. The molecule has 0 spiro atoms. The second-order valence-electron chi connectivity index (χ2n) is 13.9. The zero-order valence-electron chi connectivity index (χ0n) is 32.9. The Morgan fingerprint density at radius 3 is 1.39 bits per heavy atom. The zero-order valence-corrected chi connectivity index (χ0v) is 32.9. The fraction of sp³-hybridized carbons (Fsp3) is 0.711. The molecule has 0 aromatic rings. The summed E-state index contributed by atoms with van der Waals surface area (Å²) in [4.78, 5) is 35.2. The van der Waals surface area contributed by atoms with Crippen molar-refractivity contribution >= 4 is 17.8 Å². The van der Waals surface area contributed by atoms with Gasteiger partial charge in [0.15, 0.2) is 0 Å². The molecule has 6 nitrogen and oxygen atoms in total. The molecule has 0 saturated heterocycles. The maximum Gasteiger partial charge on any atom is 0.322 e. The molecule has 0 aromatic carbocycles. The van der Waals surface area contributed by atoms with Crippen LogP contribution in [0.15, 0.2) is 60.8 Å². The van der Waals surface area contributed by atoms with E-state index >= 15 is 0 Å². The number of amides is 1. The van der Waals surface area contributed by atoms with Crippen LogP contribution in [0.2, 0.25) is 0 Å². The van der Waals surface area contributed by atoms with Gasteiger partial charge in [-0.05, 0) is 63.9 Å². The van der Waals surface area contributed by atoms with E-state index in [2.05, 4.69) is 67.8 Å². The number of rotatable bonds is 37. The normalized spacial score (nSPS) is 12.7. The van der Waals surface area contributed by atoms with Gasteiger partial charge >= 0.3 is 11.9 Å². The minimum absolute atomic E-state index is 0.156. The monoisotopic (exact) mass is 712 g/mol. The Morgan fingerprint density at radius 2 is 0.941 bits per heavy atom. The highest BCUT2D eigenvalue weighted by Gasteiger charge is 2.12. The molecule has 51 heavy (non-hydrogen) atoms. The van der Waals surface area contributed by atoms with E-state index in [-0.39, 0.29) is 30.9 Å². The number of ether oxygens (including phenoxy) is 1. The Labute approximate surface area is 313 Å². The predicted octanol–water partition coefficient (Wildman–Crippen LogP) is 12.8. The van der Waals surface area contributed by atoms with Gasteiger partial charge in [-0.2, -0.15) is 0 Å². The van der Waals surface area contributed by atoms with E-state index in [0.717, 1.165) is 44.9 Å². The maximum atomic E-state index is 12.7. The minimum Gasteiger partial charge on any atom is -0.480 e. The largest absolute Gasteiger partial charge is 0.480 e. The van der Waals surface area contributed by atoms with Gasteiger partial charge in [0.05, 0.1) is 0 Å². The first-order chi connectivity index (χ1) is 25.0. The first-order valence-electron chi connectivity index (χ1n) is 20.9. The van der Waals surface area contributed by atoms with Gasteiger partial charge in [0.1, 0.15) is 12.6 Å². The number of carboxylic acids is 1. The fourth-order valence-electron chi connectivity index (χ4n) is 5.87. The van der Waals surface area contributed by atoms with Gasteiger partial charge in [-0.25, -0.2) is 0 Å². The fourth-order valence-corrected chi connectivity index (χ4v) is 5.87. The Bertz CT molecular complexity index is 964. The van der Waals surface area contributed by atoms with Crippen molar-refractivity contribution in [1.82, 2.24) is 5.32 Å². The van der Waals surface area contributed by atoms with Crippen molar-refractivity contribution < 1.29 is 24.2 Å². The Kier molecular flexibility index (Phi) is 37.6. The van der Waals surface area contributed by atoms with E-state index in [1.165, 1.54) is 103 Å². The van der Waals surface area contributed by atoms with Crippen molar-refractivity contribution in [3.05, 3.63) is 60.8 Å². The Hall–Kier alpha value is -2.89. The van der Waals surface area contributed by atoms with Gasteiger partial charge in [0, 0.05) is 12.8 Å². The van der Waals surface area contributed by atoms with Gasteiger partial charge < -0.3 is 15.2 Å². The summed E-state index contributed by atoms with van der Waals surface area (Å²) in [6, 6.07) is 0. The third-order valence-corrected chi connectivity index (χ3v) is 8.94. The lowest BCUT2D eigenvalue weighted by Gasteiger charge is -2.14. The lowest BCUT2D eigenvalue weighted by atomic mass is 10.0. The van der Waals surface area contributed by atoms with E-state index < -0.39 is 5.97 Å². The smallest absolute Gasteiger partial charge is 0.322 e. The summed E-state index contributed by atoms with van der Waals surface area (Å²) < 4.78 is 5.83. The van der Waals surface area contributed by atoms with Crippen LogP contribution in [-0.2, 0) is 19.1 Å². The molecule has 6 heteroatoms. The standard InChI is InChI=1S/C45H77NO5/c1-3-5-7-9-11-13-15-17-19-20-21-22-24-26-28-30-32-34-40-45(50)51-42(38-35-36-39-43(47)46-41-44(48)49)37-33-31-29-27-25-23-18-16-14-12-10-8-6-4-2/h6,8,12,14,18,23,27,29,33,37,42H,3-5,7,9-11,13,15-17,19-22,24-26,28,30-32,34-36,38-41H2,1-2H3,(H,46,47)(H,48,49)/b8-6-,14-12-,23-18-,29-27-,37-33-. The van der Waals surface area contributed by atoms with Crippen LogP contribution >= 0.6 is 0 Å². The van der Waals surface area contributed by atoms with Crippen LogP contribution in [0.4, 0.5) is 0 Å². The molecular weight excluding hydrogens is 634 g/mol. The molecular formula is C45H77NO5. The molecule has 1 unspecified atom stereocenters. The van der Waals surface area contributed by atoms with Crippen LogP contribution in [0.5, 0.6) is 0 Å². The molecule has 1 atom stereocenters. The quantitative estimate of drug-likeness (QED) is 0.0380. The van der Waals surface area contributed by atoms with Crippen LogP contribution in [0, 0.1) is 0 Å². The van der Waals surface area contributed by atoms with E-state index in [0.29, 0.717) is 25.7 Å². The molecule has 0 radical (unpaired) electrons. The van der Waals surface area contributed by atoms with Crippen molar-refractivity contribution in [2.24, 2.45) is 0 Å². The van der Waals surface area contributed by atoms with Gasteiger partial charge in [0.2, 0.25) is 5.91 Å². The average molecular weight is 712 g/mol. The van der Waals surface area contributed by atoms with E-state index in [1.54, 1.807) is 0 Å². The Morgan fingerprint density at radius 1 is 0.529 bits per heavy atom.